The highest BCUT2D eigenvalue weighted by Crippen LogP contribution is 2.16. The van der Waals surface area contributed by atoms with E-state index in [0.29, 0.717) is 0 Å². The van der Waals surface area contributed by atoms with Gasteiger partial charge >= 0.3 is 0 Å². The van der Waals surface area contributed by atoms with Crippen LogP contribution in [0.2, 0.25) is 0 Å². The highest BCUT2D eigenvalue weighted by Gasteiger charge is 1.96. The van der Waals surface area contributed by atoms with Crippen molar-refractivity contribution in [1.29, 1.82) is 0 Å². The number of anilines is 1. The van der Waals surface area contributed by atoms with Crippen LogP contribution in [0.4, 0.5) is 5.69 Å². The van der Waals surface area contributed by atoms with Gasteiger partial charge in [-0.2, -0.15) is 0 Å². The van der Waals surface area contributed by atoms with Gasteiger partial charge in [-0.25, -0.2) is 0 Å². The maximum Gasteiger partial charge on any atom is 0.119 e. The van der Waals surface area contributed by atoms with Crippen LogP contribution in [0.1, 0.15) is 38.2 Å². The van der Waals surface area contributed by atoms with E-state index in [1.807, 2.05) is 12.1 Å². The third-order valence-corrected chi connectivity index (χ3v) is 3.71. The van der Waals surface area contributed by atoms with E-state index in [2.05, 4.69) is 54.7 Å². The van der Waals surface area contributed by atoms with Crippen LogP contribution in [0.3, 0.4) is 0 Å². The smallest absolute Gasteiger partial charge is 0.119 e. The summed E-state index contributed by atoms with van der Waals surface area (Å²) < 4.78 is 5.75. The molecule has 0 fully saturated rings. The highest BCUT2D eigenvalue weighted by atomic mass is 16.5. The average molecular weight is 297 g/mol. The van der Waals surface area contributed by atoms with Gasteiger partial charge < -0.3 is 10.1 Å². The van der Waals surface area contributed by atoms with Crippen molar-refractivity contribution < 1.29 is 4.74 Å². The normalized spacial score (nSPS) is 10.4. The van der Waals surface area contributed by atoms with Gasteiger partial charge in [0.25, 0.3) is 0 Å². The number of hydrogen-bond acceptors (Lipinski definition) is 2. The second kappa shape index (κ2) is 9.88. The lowest BCUT2D eigenvalue weighted by atomic mass is 10.1. The van der Waals surface area contributed by atoms with Crippen LogP contribution in [-0.4, -0.2) is 13.2 Å². The Balaban J connectivity index is 1.66. The minimum absolute atomic E-state index is 0.820. The fourth-order valence-corrected chi connectivity index (χ4v) is 2.38. The third-order valence-electron chi connectivity index (χ3n) is 3.71. The summed E-state index contributed by atoms with van der Waals surface area (Å²) in [5, 5.41) is 3.45. The molecule has 2 aromatic carbocycles. The fourth-order valence-electron chi connectivity index (χ4n) is 2.38. The van der Waals surface area contributed by atoms with Crippen molar-refractivity contribution >= 4 is 5.69 Å². The molecule has 2 nitrogen and oxygen atoms in total. The lowest BCUT2D eigenvalue weighted by molar-refractivity contribution is 0.305. The van der Waals surface area contributed by atoms with Crippen LogP contribution in [0, 0.1) is 0 Å². The van der Waals surface area contributed by atoms with E-state index in [9.17, 15) is 0 Å². The molecule has 0 aliphatic heterocycles. The molecule has 2 aromatic rings. The monoisotopic (exact) mass is 297 g/mol. The van der Waals surface area contributed by atoms with E-state index < -0.39 is 0 Å². The van der Waals surface area contributed by atoms with E-state index in [1.165, 1.54) is 24.8 Å². The Morgan fingerprint density at radius 3 is 2.36 bits per heavy atom. The number of benzene rings is 2. The first-order valence-electron chi connectivity index (χ1n) is 8.39. The van der Waals surface area contributed by atoms with Gasteiger partial charge in [0.2, 0.25) is 0 Å². The van der Waals surface area contributed by atoms with E-state index in [1.54, 1.807) is 0 Å². The minimum atomic E-state index is 0.820. The van der Waals surface area contributed by atoms with Crippen LogP contribution in [0.5, 0.6) is 5.75 Å². The first-order chi connectivity index (χ1) is 10.9. The van der Waals surface area contributed by atoms with Crippen LogP contribution >= 0.6 is 0 Å². The maximum atomic E-state index is 5.75. The second-order valence-corrected chi connectivity index (χ2v) is 5.60. The molecule has 0 amide bonds. The lowest BCUT2D eigenvalue weighted by Gasteiger charge is -2.09. The molecule has 22 heavy (non-hydrogen) atoms. The van der Waals surface area contributed by atoms with Crippen molar-refractivity contribution in [3.63, 3.8) is 0 Å². The van der Waals surface area contributed by atoms with Crippen LogP contribution in [0.25, 0.3) is 0 Å². The Kier molecular flexibility index (Phi) is 7.37. The molecule has 0 aliphatic rings. The number of ether oxygens (including phenoxy) is 1. The van der Waals surface area contributed by atoms with Crippen molar-refractivity contribution in [2.45, 2.75) is 39.0 Å². The van der Waals surface area contributed by atoms with Gasteiger partial charge in [0.15, 0.2) is 0 Å². The summed E-state index contributed by atoms with van der Waals surface area (Å²) in [6.07, 6.45) is 6.01. The Labute approximate surface area is 134 Å². The Hall–Kier alpha value is -1.96. The molecule has 0 aromatic heterocycles. The van der Waals surface area contributed by atoms with Crippen LogP contribution in [-0.2, 0) is 6.42 Å². The topological polar surface area (TPSA) is 21.3 Å². The van der Waals surface area contributed by atoms with Gasteiger partial charge in [-0.15, -0.1) is 0 Å². The molecular formula is C20H27NO. The minimum Gasteiger partial charge on any atom is -0.494 e. The van der Waals surface area contributed by atoms with Crippen molar-refractivity contribution in [2.24, 2.45) is 0 Å². The quantitative estimate of drug-likeness (QED) is 0.601. The molecule has 0 radical (unpaired) electrons. The van der Waals surface area contributed by atoms with E-state index >= 15 is 0 Å². The summed E-state index contributed by atoms with van der Waals surface area (Å²) in [5.74, 6) is 0.963. The molecule has 0 saturated carbocycles. The predicted octanol–water partition coefficient (Wildman–Crippen LogP) is 5.30. The number of rotatable bonds is 10. The number of unbranched alkanes of at least 4 members (excludes halogenated alkanes) is 3. The van der Waals surface area contributed by atoms with Crippen LogP contribution < -0.4 is 10.1 Å². The Bertz CT molecular complexity index is 507. The molecule has 0 heterocycles. The largest absolute Gasteiger partial charge is 0.494 e. The van der Waals surface area contributed by atoms with Crippen molar-refractivity contribution in [3.05, 3.63) is 60.2 Å². The summed E-state index contributed by atoms with van der Waals surface area (Å²) in [7, 11) is 0. The first-order valence-corrected chi connectivity index (χ1v) is 8.39. The van der Waals surface area contributed by atoms with Crippen molar-refractivity contribution in [3.8, 4) is 5.75 Å². The zero-order valence-electron chi connectivity index (χ0n) is 13.6. The molecule has 118 valence electrons. The Morgan fingerprint density at radius 1 is 0.864 bits per heavy atom. The van der Waals surface area contributed by atoms with Gasteiger partial charge in [-0.05, 0) is 42.7 Å². The Morgan fingerprint density at radius 2 is 1.64 bits per heavy atom. The average Bonchev–Trinajstić information content (AvgIpc) is 2.57. The number of hydrogen-bond donors (Lipinski definition) is 1. The number of nitrogens with one attached hydrogen (secondary N) is 1. The zero-order chi connectivity index (χ0) is 15.5. The maximum absolute atomic E-state index is 5.75. The van der Waals surface area contributed by atoms with Gasteiger partial charge in [0.05, 0.1) is 6.61 Å². The zero-order valence-corrected chi connectivity index (χ0v) is 13.6. The molecule has 0 unspecified atom stereocenters. The first kappa shape index (κ1) is 16.4. The van der Waals surface area contributed by atoms with E-state index in [0.717, 1.165) is 37.4 Å². The standard InChI is InChI=1S/C20H27NO/c1-2-3-4-8-17-22-20-13-11-19(12-14-20)21-16-15-18-9-6-5-7-10-18/h5-7,9-14,21H,2-4,8,15-17H2,1H3. The molecule has 0 aliphatic carbocycles. The summed E-state index contributed by atoms with van der Waals surface area (Å²) in [4.78, 5) is 0. The summed E-state index contributed by atoms with van der Waals surface area (Å²) >= 11 is 0. The second-order valence-electron chi connectivity index (χ2n) is 5.60. The molecule has 2 heteroatoms. The highest BCUT2D eigenvalue weighted by molar-refractivity contribution is 5.46. The van der Waals surface area contributed by atoms with Crippen molar-refractivity contribution in [2.75, 3.05) is 18.5 Å². The van der Waals surface area contributed by atoms with Gasteiger partial charge in [0.1, 0.15) is 5.75 Å². The van der Waals surface area contributed by atoms with E-state index in [4.69, 9.17) is 4.74 Å². The molecule has 0 saturated heterocycles. The molecule has 2 rings (SSSR count). The van der Waals surface area contributed by atoms with Crippen LogP contribution in [0.15, 0.2) is 54.6 Å². The summed E-state index contributed by atoms with van der Waals surface area (Å²) in [5.41, 5.74) is 2.51. The van der Waals surface area contributed by atoms with Gasteiger partial charge in [0, 0.05) is 12.2 Å². The molecule has 0 bridgehead atoms. The third kappa shape index (κ3) is 6.21. The molecule has 0 atom stereocenters. The van der Waals surface area contributed by atoms with Gasteiger partial charge in [-0.1, -0.05) is 56.5 Å². The summed E-state index contributed by atoms with van der Waals surface area (Å²) in [6, 6.07) is 18.8. The van der Waals surface area contributed by atoms with Gasteiger partial charge in [-0.3, -0.25) is 0 Å². The fraction of sp³-hybridized carbons (Fsp3) is 0.400. The SMILES string of the molecule is CCCCCCOc1ccc(NCCc2ccccc2)cc1. The molecule has 1 N–H and O–H groups in total. The van der Waals surface area contributed by atoms with Crippen molar-refractivity contribution in [1.82, 2.24) is 0 Å². The molecule has 0 spiro atoms. The summed E-state index contributed by atoms with van der Waals surface area (Å²) in [6.45, 7) is 3.99. The molecular weight excluding hydrogens is 270 g/mol. The predicted molar refractivity (Wildman–Crippen MR) is 94.7 cm³/mol. The lowest BCUT2D eigenvalue weighted by Crippen LogP contribution is -2.04. The van der Waals surface area contributed by atoms with E-state index in [-0.39, 0.29) is 0 Å².